The maximum Gasteiger partial charge on any atom is 0.259 e. The summed E-state index contributed by atoms with van der Waals surface area (Å²) in [4.78, 5) is 19.2. The summed E-state index contributed by atoms with van der Waals surface area (Å²) in [6, 6.07) is 14.7. The third kappa shape index (κ3) is 4.82. The van der Waals surface area contributed by atoms with Crippen LogP contribution in [0.25, 0.3) is 0 Å². The van der Waals surface area contributed by atoms with Crippen molar-refractivity contribution in [2.24, 2.45) is 4.99 Å². The lowest BCUT2D eigenvalue weighted by molar-refractivity contribution is 0.102. The molecule has 0 fully saturated rings. The number of thiophene rings is 1. The predicted octanol–water partition coefficient (Wildman–Crippen LogP) is 6.88. The van der Waals surface area contributed by atoms with Crippen LogP contribution >= 0.6 is 27.3 Å². The summed E-state index contributed by atoms with van der Waals surface area (Å²) in [6.07, 6.45) is 8.18. The van der Waals surface area contributed by atoms with Crippen LogP contribution in [0.15, 0.2) is 58.0 Å². The monoisotopic (exact) mass is 482 g/mol. The molecule has 0 atom stereocenters. The van der Waals surface area contributed by atoms with E-state index in [0.29, 0.717) is 16.1 Å². The standard InChI is InChI=1S/C24H23BrN2O2S/c25-17-12-13-20(28)16(14-17)15-26-24-22(23(29)27-18-8-4-3-5-9-18)19-10-6-1-2-7-11-21(19)30-24/h3-5,8-9,12-15,28H,1-2,6-7,10-11H2,(H,27,29). The lowest BCUT2D eigenvalue weighted by Gasteiger charge is -2.12. The van der Waals surface area contributed by atoms with Crippen molar-refractivity contribution in [1.29, 1.82) is 0 Å². The lowest BCUT2D eigenvalue weighted by atomic mass is 9.96. The first-order chi connectivity index (χ1) is 14.6. The average Bonchev–Trinajstić information content (AvgIpc) is 3.06. The number of nitrogens with one attached hydrogen (secondary N) is 1. The Morgan fingerprint density at radius 3 is 2.63 bits per heavy atom. The number of rotatable bonds is 4. The summed E-state index contributed by atoms with van der Waals surface area (Å²) in [5, 5.41) is 13.9. The molecule has 0 saturated carbocycles. The number of phenols is 1. The molecule has 0 unspecified atom stereocenters. The quantitative estimate of drug-likeness (QED) is 0.398. The van der Waals surface area contributed by atoms with Crippen molar-refractivity contribution in [3.05, 3.63) is 74.6 Å². The number of hydrogen-bond donors (Lipinski definition) is 2. The highest BCUT2D eigenvalue weighted by Gasteiger charge is 2.24. The summed E-state index contributed by atoms with van der Waals surface area (Å²) in [5.41, 5.74) is 3.19. The van der Waals surface area contributed by atoms with E-state index in [-0.39, 0.29) is 11.7 Å². The maximum absolute atomic E-state index is 13.3. The SMILES string of the molecule is O=C(Nc1ccccc1)c1c(N=Cc2cc(Br)ccc2O)sc2c1CCCCCC2. The van der Waals surface area contributed by atoms with Crippen LogP contribution in [-0.4, -0.2) is 17.2 Å². The van der Waals surface area contributed by atoms with E-state index >= 15 is 0 Å². The van der Waals surface area contributed by atoms with Crippen molar-refractivity contribution in [1.82, 2.24) is 0 Å². The Balaban J connectivity index is 1.73. The van der Waals surface area contributed by atoms with Crippen molar-refractivity contribution >= 4 is 50.1 Å². The molecule has 0 bridgehead atoms. The second-order valence-corrected chi connectivity index (χ2v) is 9.38. The average molecular weight is 483 g/mol. The number of fused-ring (bicyclic) bond motifs is 1. The van der Waals surface area contributed by atoms with E-state index in [1.54, 1.807) is 29.7 Å². The Hall–Kier alpha value is -2.44. The number of amides is 1. The van der Waals surface area contributed by atoms with Gasteiger partial charge in [0.05, 0.1) is 5.56 Å². The van der Waals surface area contributed by atoms with Gasteiger partial charge in [-0.15, -0.1) is 11.3 Å². The molecule has 0 radical (unpaired) electrons. The van der Waals surface area contributed by atoms with Crippen LogP contribution in [0.5, 0.6) is 5.75 Å². The number of carbonyl (C=O) groups is 1. The molecule has 0 aliphatic heterocycles. The van der Waals surface area contributed by atoms with E-state index < -0.39 is 0 Å². The molecular formula is C24H23BrN2O2S. The molecule has 1 aliphatic rings. The van der Waals surface area contributed by atoms with Crippen molar-refractivity contribution in [2.45, 2.75) is 38.5 Å². The van der Waals surface area contributed by atoms with Gasteiger partial charge in [-0.1, -0.05) is 47.0 Å². The first-order valence-corrected chi connectivity index (χ1v) is 11.8. The van der Waals surface area contributed by atoms with Gasteiger partial charge in [-0.25, -0.2) is 4.99 Å². The van der Waals surface area contributed by atoms with E-state index in [4.69, 9.17) is 0 Å². The van der Waals surface area contributed by atoms with Crippen LogP contribution in [0.1, 0.15) is 52.0 Å². The summed E-state index contributed by atoms with van der Waals surface area (Å²) >= 11 is 5.03. The number of hydrogen-bond acceptors (Lipinski definition) is 4. The van der Waals surface area contributed by atoms with Gasteiger partial charge in [0.25, 0.3) is 5.91 Å². The van der Waals surface area contributed by atoms with Crippen molar-refractivity contribution < 1.29 is 9.90 Å². The number of aromatic hydroxyl groups is 1. The smallest absolute Gasteiger partial charge is 0.259 e. The van der Waals surface area contributed by atoms with Crippen LogP contribution in [0.4, 0.5) is 10.7 Å². The Morgan fingerprint density at radius 1 is 1.07 bits per heavy atom. The number of halogens is 1. The van der Waals surface area contributed by atoms with Gasteiger partial charge in [0.2, 0.25) is 0 Å². The van der Waals surface area contributed by atoms with Gasteiger partial charge in [-0.3, -0.25) is 4.79 Å². The minimum absolute atomic E-state index is 0.120. The van der Waals surface area contributed by atoms with Crippen LogP contribution in [0, 0.1) is 0 Å². The predicted molar refractivity (Wildman–Crippen MR) is 128 cm³/mol. The molecule has 1 aliphatic carbocycles. The summed E-state index contributed by atoms with van der Waals surface area (Å²) in [6.45, 7) is 0. The number of benzene rings is 2. The first kappa shape index (κ1) is 20.8. The van der Waals surface area contributed by atoms with Gasteiger partial charge in [0, 0.05) is 26.8 Å². The molecule has 6 heteroatoms. The first-order valence-electron chi connectivity index (χ1n) is 10.2. The third-order valence-electron chi connectivity index (χ3n) is 5.22. The minimum Gasteiger partial charge on any atom is -0.507 e. The van der Waals surface area contributed by atoms with Crippen molar-refractivity contribution in [3.63, 3.8) is 0 Å². The highest BCUT2D eigenvalue weighted by molar-refractivity contribution is 9.10. The van der Waals surface area contributed by atoms with Crippen molar-refractivity contribution in [3.8, 4) is 5.75 Å². The molecular weight excluding hydrogens is 460 g/mol. The van der Waals surface area contributed by atoms with E-state index in [1.807, 2.05) is 36.4 Å². The van der Waals surface area contributed by atoms with Gasteiger partial charge in [-0.05, 0) is 61.6 Å². The molecule has 2 aromatic carbocycles. The molecule has 30 heavy (non-hydrogen) atoms. The number of anilines is 1. The summed E-state index contributed by atoms with van der Waals surface area (Å²) < 4.78 is 0.863. The number of aryl methyl sites for hydroxylation is 1. The lowest BCUT2D eigenvalue weighted by Crippen LogP contribution is -2.14. The van der Waals surface area contributed by atoms with Crippen molar-refractivity contribution in [2.75, 3.05) is 5.32 Å². The molecule has 0 saturated heterocycles. The summed E-state index contributed by atoms with van der Waals surface area (Å²) in [5.74, 6) is 0.0389. The molecule has 1 aromatic heterocycles. The number of aliphatic imine (C=N–C) groups is 1. The Kier molecular flexibility index (Phi) is 6.65. The molecule has 3 aromatic rings. The minimum atomic E-state index is -0.120. The zero-order valence-electron chi connectivity index (χ0n) is 16.5. The number of para-hydroxylation sites is 1. The van der Waals surface area contributed by atoms with E-state index in [9.17, 15) is 9.90 Å². The van der Waals surface area contributed by atoms with Crippen LogP contribution in [0.2, 0.25) is 0 Å². The molecule has 4 nitrogen and oxygen atoms in total. The van der Waals surface area contributed by atoms with Crippen LogP contribution < -0.4 is 5.32 Å². The fourth-order valence-corrected chi connectivity index (χ4v) is 5.31. The van der Waals surface area contributed by atoms with E-state index in [0.717, 1.165) is 41.4 Å². The van der Waals surface area contributed by atoms with Gasteiger partial charge in [0.15, 0.2) is 0 Å². The van der Waals surface area contributed by atoms with E-state index in [2.05, 4.69) is 26.2 Å². The molecule has 1 heterocycles. The van der Waals surface area contributed by atoms with Gasteiger partial charge >= 0.3 is 0 Å². The topological polar surface area (TPSA) is 61.7 Å². The zero-order chi connectivity index (χ0) is 20.9. The Labute approximate surface area is 188 Å². The van der Waals surface area contributed by atoms with Gasteiger partial charge < -0.3 is 10.4 Å². The highest BCUT2D eigenvalue weighted by Crippen LogP contribution is 2.39. The van der Waals surface area contributed by atoms with Gasteiger partial charge in [0.1, 0.15) is 10.8 Å². The third-order valence-corrected chi connectivity index (χ3v) is 6.91. The molecule has 1 amide bonds. The molecule has 4 rings (SSSR count). The molecule has 2 N–H and O–H groups in total. The maximum atomic E-state index is 13.3. The summed E-state index contributed by atoms with van der Waals surface area (Å²) in [7, 11) is 0. The number of carbonyl (C=O) groups excluding carboxylic acids is 1. The number of phenolic OH excluding ortho intramolecular Hbond substituents is 1. The van der Waals surface area contributed by atoms with E-state index in [1.165, 1.54) is 17.7 Å². The van der Waals surface area contributed by atoms with Crippen LogP contribution in [0.3, 0.4) is 0 Å². The molecule has 154 valence electrons. The normalized spacial score (nSPS) is 14.2. The van der Waals surface area contributed by atoms with Crippen LogP contribution in [-0.2, 0) is 12.8 Å². The fourth-order valence-electron chi connectivity index (χ4n) is 3.70. The Bertz CT molecular complexity index is 1080. The second kappa shape index (κ2) is 9.58. The van der Waals surface area contributed by atoms with Gasteiger partial charge in [-0.2, -0.15) is 0 Å². The largest absolute Gasteiger partial charge is 0.507 e. The second-order valence-electron chi connectivity index (χ2n) is 7.38. The zero-order valence-corrected chi connectivity index (χ0v) is 18.9. The molecule has 0 spiro atoms. The highest BCUT2D eigenvalue weighted by atomic mass is 79.9. The Morgan fingerprint density at radius 2 is 1.83 bits per heavy atom. The fraction of sp³-hybridized carbons (Fsp3) is 0.250. The number of nitrogens with zero attached hydrogens (tertiary/aromatic N) is 1.